The van der Waals surface area contributed by atoms with Gasteiger partial charge in [-0.25, -0.2) is 4.79 Å². The van der Waals surface area contributed by atoms with Crippen molar-refractivity contribution >= 4 is 6.09 Å². The van der Waals surface area contributed by atoms with Crippen molar-refractivity contribution in [2.75, 3.05) is 26.8 Å². The van der Waals surface area contributed by atoms with Crippen LogP contribution in [0.2, 0.25) is 0 Å². The van der Waals surface area contributed by atoms with Crippen LogP contribution in [0.4, 0.5) is 4.79 Å². The zero-order chi connectivity index (χ0) is 16.1. The third kappa shape index (κ3) is 13.9. The number of hydrogen-bond donors (Lipinski definition) is 2. The SMILES string of the molecule is CCCCCNC(CCCNC(=O)OC(C)(C)C)COC. The van der Waals surface area contributed by atoms with E-state index >= 15 is 0 Å². The number of carbonyl (C=O) groups is 1. The third-order valence-electron chi connectivity index (χ3n) is 2.98. The van der Waals surface area contributed by atoms with Gasteiger partial charge in [0.15, 0.2) is 0 Å². The lowest BCUT2D eigenvalue weighted by Gasteiger charge is -2.20. The van der Waals surface area contributed by atoms with Crippen molar-refractivity contribution in [3.8, 4) is 0 Å². The Morgan fingerprint density at radius 3 is 2.43 bits per heavy atom. The second kappa shape index (κ2) is 11.8. The minimum absolute atomic E-state index is 0.346. The second-order valence-corrected chi connectivity index (χ2v) is 6.38. The number of nitrogens with one attached hydrogen (secondary N) is 2. The molecule has 0 radical (unpaired) electrons. The molecule has 21 heavy (non-hydrogen) atoms. The maximum Gasteiger partial charge on any atom is 0.407 e. The predicted octanol–water partition coefficient (Wildman–Crippen LogP) is 3.09. The summed E-state index contributed by atoms with van der Waals surface area (Å²) in [5.74, 6) is 0. The molecule has 1 amide bonds. The Balaban J connectivity index is 3.75. The Kier molecular flexibility index (Phi) is 11.4. The maximum absolute atomic E-state index is 11.5. The van der Waals surface area contributed by atoms with Gasteiger partial charge in [-0.15, -0.1) is 0 Å². The summed E-state index contributed by atoms with van der Waals surface area (Å²) in [4.78, 5) is 11.5. The van der Waals surface area contributed by atoms with Gasteiger partial charge >= 0.3 is 6.09 Å². The van der Waals surface area contributed by atoms with Crippen LogP contribution in [-0.4, -0.2) is 44.5 Å². The number of hydrogen-bond acceptors (Lipinski definition) is 4. The van der Waals surface area contributed by atoms with Gasteiger partial charge in [-0.05, 0) is 46.6 Å². The summed E-state index contributed by atoms with van der Waals surface area (Å²) in [5, 5.41) is 6.30. The van der Waals surface area contributed by atoms with Gasteiger partial charge in [0.1, 0.15) is 5.60 Å². The Morgan fingerprint density at radius 1 is 1.14 bits per heavy atom. The number of rotatable bonds is 11. The molecule has 2 N–H and O–H groups in total. The number of alkyl carbamates (subject to hydrolysis) is 1. The summed E-state index contributed by atoms with van der Waals surface area (Å²) in [6, 6.07) is 0.354. The van der Waals surface area contributed by atoms with E-state index in [0.717, 1.165) is 19.4 Å². The topological polar surface area (TPSA) is 59.6 Å². The first-order valence-electron chi connectivity index (χ1n) is 8.08. The molecule has 0 heterocycles. The van der Waals surface area contributed by atoms with Gasteiger partial charge in [0.05, 0.1) is 6.61 Å². The molecule has 5 nitrogen and oxygen atoms in total. The second-order valence-electron chi connectivity index (χ2n) is 6.38. The van der Waals surface area contributed by atoms with E-state index in [4.69, 9.17) is 9.47 Å². The molecule has 0 spiro atoms. The molecular weight excluding hydrogens is 268 g/mol. The molecule has 5 heteroatoms. The summed E-state index contributed by atoms with van der Waals surface area (Å²) in [6.45, 7) is 10.2. The zero-order valence-electron chi connectivity index (χ0n) is 14.5. The lowest BCUT2D eigenvalue weighted by molar-refractivity contribution is 0.0526. The highest BCUT2D eigenvalue weighted by Gasteiger charge is 2.15. The highest BCUT2D eigenvalue weighted by atomic mass is 16.6. The van der Waals surface area contributed by atoms with E-state index in [1.165, 1.54) is 19.3 Å². The molecule has 0 aromatic heterocycles. The predicted molar refractivity (Wildman–Crippen MR) is 86.7 cm³/mol. The van der Waals surface area contributed by atoms with Crippen LogP contribution in [-0.2, 0) is 9.47 Å². The van der Waals surface area contributed by atoms with Crippen molar-refractivity contribution in [3.63, 3.8) is 0 Å². The maximum atomic E-state index is 11.5. The molecule has 1 unspecified atom stereocenters. The van der Waals surface area contributed by atoms with Gasteiger partial charge in [-0.2, -0.15) is 0 Å². The highest BCUT2D eigenvalue weighted by Crippen LogP contribution is 2.06. The molecule has 0 saturated carbocycles. The first-order chi connectivity index (χ1) is 9.89. The fraction of sp³-hybridized carbons (Fsp3) is 0.938. The van der Waals surface area contributed by atoms with Gasteiger partial charge in [0.2, 0.25) is 0 Å². The van der Waals surface area contributed by atoms with Crippen LogP contribution in [0.1, 0.15) is 59.8 Å². The van der Waals surface area contributed by atoms with Crippen molar-refractivity contribution in [2.45, 2.75) is 71.4 Å². The van der Waals surface area contributed by atoms with E-state index < -0.39 is 5.60 Å². The molecule has 126 valence electrons. The van der Waals surface area contributed by atoms with Crippen LogP contribution in [0.3, 0.4) is 0 Å². The number of ether oxygens (including phenoxy) is 2. The third-order valence-corrected chi connectivity index (χ3v) is 2.98. The largest absolute Gasteiger partial charge is 0.444 e. The molecule has 0 aliphatic heterocycles. The van der Waals surface area contributed by atoms with Gasteiger partial charge in [-0.3, -0.25) is 0 Å². The van der Waals surface area contributed by atoms with Crippen LogP contribution >= 0.6 is 0 Å². The first-order valence-corrected chi connectivity index (χ1v) is 8.08. The van der Waals surface area contributed by atoms with Gasteiger partial charge in [0, 0.05) is 19.7 Å². The average Bonchev–Trinajstić information content (AvgIpc) is 2.37. The highest BCUT2D eigenvalue weighted by molar-refractivity contribution is 5.67. The number of amides is 1. The van der Waals surface area contributed by atoms with Crippen molar-refractivity contribution < 1.29 is 14.3 Å². The van der Waals surface area contributed by atoms with E-state index in [1.54, 1.807) is 7.11 Å². The van der Waals surface area contributed by atoms with Crippen molar-refractivity contribution in [1.82, 2.24) is 10.6 Å². The fourth-order valence-corrected chi connectivity index (χ4v) is 1.98. The van der Waals surface area contributed by atoms with Crippen LogP contribution in [0, 0.1) is 0 Å². The Bertz CT molecular complexity index is 265. The summed E-state index contributed by atoms with van der Waals surface area (Å²) >= 11 is 0. The molecule has 0 bridgehead atoms. The summed E-state index contributed by atoms with van der Waals surface area (Å²) in [7, 11) is 1.72. The molecule has 0 aliphatic carbocycles. The van der Waals surface area contributed by atoms with Crippen molar-refractivity contribution in [3.05, 3.63) is 0 Å². The average molecular weight is 302 g/mol. The van der Waals surface area contributed by atoms with E-state index in [-0.39, 0.29) is 6.09 Å². The summed E-state index contributed by atoms with van der Waals surface area (Å²) < 4.78 is 10.4. The Labute approximate surface area is 130 Å². The van der Waals surface area contributed by atoms with Gasteiger partial charge in [-0.1, -0.05) is 19.8 Å². The molecule has 0 fully saturated rings. The minimum atomic E-state index is -0.441. The molecule has 0 aliphatic rings. The van der Waals surface area contributed by atoms with Crippen LogP contribution in [0.15, 0.2) is 0 Å². The van der Waals surface area contributed by atoms with E-state index in [9.17, 15) is 4.79 Å². The van der Waals surface area contributed by atoms with E-state index in [1.807, 2.05) is 20.8 Å². The van der Waals surface area contributed by atoms with E-state index in [0.29, 0.717) is 19.2 Å². The van der Waals surface area contributed by atoms with Crippen LogP contribution < -0.4 is 10.6 Å². The molecule has 0 rings (SSSR count). The number of methoxy groups -OCH3 is 1. The number of unbranched alkanes of at least 4 members (excludes halogenated alkanes) is 2. The molecule has 0 aromatic carbocycles. The minimum Gasteiger partial charge on any atom is -0.444 e. The van der Waals surface area contributed by atoms with Gasteiger partial charge < -0.3 is 20.1 Å². The van der Waals surface area contributed by atoms with Crippen molar-refractivity contribution in [2.24, 2.45) is 0 Å². The normalized spacial score (nSPS) is 13.0. The molecule has 0 saturated heterocycles. The molecular formula is C16H34N2O3. The molecule has 0 aromatic rings. The lowest BCUT2D eigenvalue weighted by atomic mass is 10.1. The first kappa shape index (κ1) is 20.2. The smallest absolute Gasteiger partial charge is 0.407 e. The monoisotopic (exact) mass is 302 g/mol. The summed E-state index contributed by atoms with van der Waals surface area (Å²) in [6.07, 6.45) is 5.24. The molecule has 1 atom stereocenters. The van der Waals surface area contributed by atoms with Crippen LogP contribution in [0.25, 0.3) is 0 Å². The number of carbonyl (C=O) groups excluding carboxylic acids is 1. The van der Waals surface area contributed by atoms with Crippen molar-refractivity contribution in [1.29, 1.82) is 0 Å². The summed E-state index contributed by atoms with van der Waals surface area (Å²) in [5.41, 5.74) is -0.441. The quantitative estimate of drug-likeness (QED) is 0.576. The Morgan fingerprint density at radius 2 is 1.86 bits per heavy atom. The zero-order valence-corrected chi connectivity index (χ0v) is 14.5. The van der Waals surface area contributed by atoms with Gasteiger partial charge in [0.25, 0.3) is 0 Å². The van der Waals surface area contributed by atoms with E-state index in [2.05, 4.69) is 17.6 Å². The lowest BCUT2D eigenvalue weighted by Crippen LogP contribution is -2.36. The Hall–Kier alpha value is -0.810. The fourth-order valence-electron chi connectivity index (χ4n) is 1.98. The standard InChI is InChI=1S/C16H34N2O3/c1-6-7-8-11-17-14(13-20-5)10-9-12-18-15(19)21-16(2,3)4/h14,17H,6-13H2,1-5H3,(H,18,19). The van der Waals surface area contributed by atoms with Crippen LogP contribution in [0.5, 0.6) is 0 Å².